The van der Waals surface area contributed by atoms with Crippen molar-refractivity contribution in [2.24, 2.45) is 0 Å². The Labute approximate surface area is 510 Å². The van der Waals surface area contributed by atoms with Gasteiger partial charge in [0.05, 0.1) is 56.3 Å². The number of carbonyl (C=O) groups excluding carboxylic acids is 3. The molecule has 1 saturated heterocycles. The van der Waals surface area contributed by atoms with Crippen molar-refractivity contribution in [1.29, 1.82) is 0 Å². The van der Waals surface area contributed by atoms with E-state index in [0.29, 0.717) is 110 Å². The number of esters is 1. The van der Waals surface area contributed by atoms with Gasteiger partial charge in [-0.15, -0.1) is 0 Å². The largest absolute Gasteiger partial charge is 0.748 e. The van der Waals surface area contributed by atoms with E-state index in [1.807, 2.05) is 27.7 Å². The van der Waals surface area contributed by atoms with Gasteiger partial charge in [0.25, 0.3) is 44.9 Å². The molecular formula is C54H118N2O16S2Si8. The average Bonchev–Trinajstić information content (AvgIpc) is 3.34. The second-order valence-electron chi connectivity index (χ2n) is 25.1. The van der Waals surface area contributed by atoms with Gasteiger partial charge >= 0.3 is 5.97 Å². The Balaban J connectivity index is -0.00000124. The first kappa shape index (κ1) is 85.6. The summed E-state index contributed by atoms with van der Waals surface area (Å²) in [5, 5.41) is 0. The quantitative estimate of drug-likeness (QED) is 0.0137. The van der Waals surface area contributed by atoms with Gasteiger partial charge in [-0.1, -0.05) is 47.0 Å². The van der Waals surface area contributed by atoms with Gasteiger partial charge in [0.15, 0.2) is 33.3 Å². The Kier molecular flexibility index (Phi) is 48.6. The maximum Gasteiger partial charge on any atom is 0.302 e. The Hall–Kier alpha value is -0.595. The van der Waals surface area contributed by atoms with Crippen LogP contribution < -0.4 is 0 Å². The van der Waals surface area contributed by atoms with Gasteiger partial charge in [-0.05, 0) is 174 Å². The molecule has 484 valence electrons. The second-order valence-corrected chi connectivity index (χ2v) is 56.9. The summed E-state index contributed by atoms with van der Waals surface area (Å²) in [6, 6.07) is 4.50. The minimum absolute atomic E-state index is 0.201. The van der Waals surface area contributed by atoms with Crippen molar-refractivity contribution < 1.29 is 75.3 Å². The molecule has 0 unspecified atom stereocenters. The van der Waals surface area contributed by atoms with Crippen LogP contribution in [0.4, 0.5) is 0 Å². The summed E-state index contributed by atoms with van der Waals surface area (Å²) in [4.78, 5) is 36.7. The molecule has 18 nitrogen and oxygen atoms in total. The van der Waals surface area contributed by atoms with Crippen LogP contribution in [0.3, 0.4) is 0 Å². The van der Waals surface area contributed by atoms with Crippen molar-refractivity contribution in [2.45, 2.75) is 255 Å². The van der Waals surface area contributed by atoms with Crippen LogP contribution in [0.1, 0.15) is 157 Å². The van der Waals surface area contributed by atoms with Crippen LogP contribution in [0.5, 0.6) is 0 Å². The van der Waals surface area contributed by atoms with Crippen molar-refractivity contribution in [3.05, 3.63) is 0 Å². The normalized spacial score (nSPS) is 13.8. The van der Waals surface area contributed by atoms with Crippen molar-refractivity contribution in [1.82, 2.24) is 4.90 Å². The fourth-order valence-electron chi connectivity index (χ4n) is 9.48. The highest BCUT2D eigenvalue weighted by Crippen LogP contribution is 2.32. The smallest absolute Gasteiger partial charge is 0.302 e. The summed E-state index contributed by atoms with van der Waals surface area (Å²) >= 11 is 0. The second kappa shape index (κ2) is 46.5. The number of ketones is 2. The van der Waals surface area contributed by atoms with Crippen LogP contribution in [0.25, 0.3) is 0 Å². The predicted molar refractivity (Wildman–Crippen MR) is 347 cm³/mol. The van der Waals surface area contributed by atoms with Crippen LogP contribution in [0.2, 0.25) is 98.2 Å². The van der Waals surface area contributed by atoms with E-state index in [4.69, 9.17) is 8.23 Å². The van der Waals surface area contributed by atoms with E-state index < -0.39 is 88.2 Å². The fraction of sp³-hybridized carbons (Fsp3) is 0.944. The van der Waals surface area contributed by atoms with Gasteiger partial charge in [0.2, 0.25) is 0 Å². The maximum atomic E-state index is 12.6. The average molecular weight is 1340 g/mol. The number of Topliss-reactive ketones (excluding diaryl/α,β-unsaturated/α-hetero) is 2. The number of quaternary nitrogens is 1. The Morgan fingerprint density at radius 2 is 0.951 bits per heavy atom. The number of hydrogen-bond donors (Lipinski definition) is 0. The fourth-order valence-corrected chi connectivity index (χ4v) is 49.4. The minimum Gasteiger partial charge on any atom is -0.748 e. The molecule has 1 aliphatic heterocycles. The summed E-state index contributed by atoms with van der Waals surface area (Å²) in [5.74, 6) is 0.356. The molecule has 1 heterocycles. The Morgan fingerprint density at radius 1 is 0.585 bits per heavy atom. The molecule has 82 heavy (non-hydrogen) atoms. The molecule has 0 atom stereocenters. The predicted octanol–water partition coefficient (Wildman–Crippen LogP) is 11.8. The highest BCUT2D eigenvalue weighted by atomic mass is 32.2. The summed E-state index contributed by atoms with van der Waals surface area (Å²) in [6.07, 6.45) is 14.8. The molecule has 0 aliphatic carbocycles. The highest BCUT2D eigenvalue weighted by Gasteiger charge is 2.43. The summed E-state index contributed by atoms with van der Waals surface area (Å²) < 4.78 is 126. The molecule has 0 radical (unpaired) electrons. The minimum atomic E-state index is -4.12. The first-order chi connectivity index (χ1) is 37.8. The lowest BCUT2D eigenvalue weighted by atomic mass is 10.1. The van der Waals surface area contributed by atoms with Gasteiger partial charge < -0.3 is 44.8 Å². The maximum absolute atomic E-state index is 12.6. The number of rotatable bonds is 44. The van der Waals surface area contributed by atoms with Crippen LogP contribution >= 0.6 is 0 Å². The van der Waals surface area contributed by atoms with Crippen LogP contribution in [-0.4, -0.2) is 189 Å². The molecule has 0 saturated carbocycles. The van der Waals surface area contributed by atoms with E-state index in [1.54, 1.807) is 6.92 Å². The van der Waals surface area contributed by atoms with Crippen LogP contribution in [0.15, 0.2) is 0 Å². The van der Waals surface area contributed by atoms with Gasteiger partial charge in [-0.3, -0.25) is 18.6 Å². The van der Waals surface area contributed by atoms with Crippen molar-refractivity contribution >= 4 is 106 Å². The van der Waals surface area contributed by atoms with Gasteiger partial charge in [-0.2, -0.15) is 8.42 Å². The van der Waals surface area contributed by atoms with Crippen molar-refractivity contribution in [3.63, 3.8) is 0 Å². The number of hydrogen-bond acceptors (Lipinski definition) is 17. The summed E-state index contributed by atoms with van der Waals surface area (Å²) in [7, 11) is -14.0. The monoisotopic (exact) mass is 1340 g/mol. The number of unbranched alkanes of at least 4 members (excludes halogenated alkanes) is 7. The van der Waals surface area contributed by atoms with Gasteiger partial charge in [0.1, 0.15) is 11.6 Å². The molecule has 1 rings (SSSR count). The number of nitrogens with zero attached hydrogens (tertiary/aromatic N) is 2. The van der Waals surface area contributed by atoms with E-state index in [1.165, 1.54) is 6.92 Å². The Morgan fingerprint density at radius 3 is 1.22 bits per heavy atom. The van der Waals surface area contributed by atoms with Crippen molar-refractivity contribution in [3.8, 4) is 0 Å². The third-order valence-corrected chi connectivity index (χ3v) is 46.2. The molecule has 0 aromatic carbocycles. The molecular weight excluding hydrogens is 1220 g/mol. The molecule has 0 N–H and O–H groups in total. The molecule has 0 bridgehead atoms. The third kappa shape index (κ3) is 54.8. The summed E-state index contributed by atoms with van der Waals surface area (Å²) in [6.45, 7) is 27.8. The molecule has 0 amide bonds. The van der Waals surface area contributed by atoms with E-state index in [2.05, 4.69) is 81.3 Å². The summed E-state index contributed by atoms with van der Waals surface area (Å²) in [5.41, 5.74) is 2.62. The molecule has 28 heteroatoms. The first-order valence-corrected chi connectivity index (χ1v) is 53.1. The first-order valence-electron chi connectivity index (χ1n) is 30.7. The van der Waals surface area contributed by atoms with Crippen LogP contribution in [-0.2, 0) is 69.6 Å². The Bertz CT molecular complexity index is 2030. The number of ether oxygens (including phenoxy) is 1. The molecule has 0 aromatic rings. The zero-order valence-corrected chi connectivity index (χ0v) is 64.1. The molecule has 1 fully saturated rings. The van der Waals surface area contributed by atoms with E-state index >= 15 is 0 Å². The zero-order chi connectivity index (χ0) is 63.7. The van der Waals surface area contributed by atoms with E-state index in [0.717, 1.165) is 113 Å². The lowest BCUT2D eigenvalue weighted by Gasteiger charge is -2.37. The lowest BCUT2D eigenvalue weighted by molar-refractivity contribution is -0.890. The number of carbonyl (C=O) groups is 3. The van der Waals surface area contributed by atoms with Gasteiger partial charge in [-0.25, -0.2) is 8.42 Å². The molecule has 0 aromatic heterocycles. The zero-order valence-electron chi connectivity index (χ0n) is 54.5. The van der Waals surface area contributed by atoms with E-state index in [9.17, 15) is 53.6 Å². The standard InChI is InChI=1S/C25H55NO7SSi4.C21H47NO4Si4.C4H8O3S.C4H8O2/c1-8-35(31)23-38(24-36(32)9-2,33-37(5,6)7)22-16-12-18-25(27)17-11-10-13-19-26(3,4)20-14-15-21-34(28,29)30;1-8-27(24)19-30(20-28(25)9-2,26-29(5,6)7)18-14-12-16-21(23)15-11-10-13-17-22(3)4;5-8(6)4-2-1-3-7-8;1-3-6-4(2)5/h8-24H2,1-7H3;8-20H2,1-7H3;1-4H2;3H2,1-2H3. The van der Waals surface area contributed by atoms with E-state index in [-0.39, 0.29) is 17.5 Å². The topological polar surface area (TPSA) is 251 Å². The van der Waals surface area contributed by atoms with Gasteiger partial charge in [0, 0.05) is 61.0 Å². The van der Waals surface area contributed by atoms with Crippen LogP contribution in [0, 0.1) is 0 Å². The molecule has 1 aliphatic rings. The lowest BCUT2D eigenvalue weighted by Crippen LogP contribution is -2.50. The highest BCUT2D eigenvalue weighted by molar-refractivity contribution is 7.86. The van der Waals surface area contributed by atoms with Crippen molar-refractivity contribution in [2.75, 3.05) is 72.5 Å². The SMILES string of the molecule is CCOC(C)=O.CC[Si](=O)C[Si](CCCCC(=O)CCCCCN(C)C)(C[Si](=O)CC)O[Si](C)(C)C.CC[Si](=O)C[Si](CCCCC(=O)CCCCC[N+](C)(C)CCCCS(=O)(=O)[O-])(C[Si](=O)CC)O[Si](C)(C)C.O=S1(=O)CCCCO1. The molecule has 0 spiro atoms. The third-order valence-electron chi connectivity index (χ3n) is 13.5.